The van der Waals surface area contributed by atoms with Crippen LogP contribution < -0.4 is 0 Å². The van der Waals surface area contributed by atoms with E-state index in [-0.39, 0.29) is 21.2 Å². The Morgan fingerprint density at radius 3 is 1.18 bits per heavy atom. The lowest BCUT2D eigenvalue weighted by Crippen LogP contribution is -2.06. The van der Waals surface area contributed by atoms with E-state index < -0.39 is 19.7 Å². The zero-order valence-corrected chi connectivity index (χ0v) is 17.8. The first-order chi connectivity index (χ1) is 15.8. The summed E-state index contributed by atoms with van der Waals surface area (Å²) in [7, 11) is -4.02. The SMILES string of the molecule is O=[N+]([O-])c1ccc(-c2ccccc2S(=O)(=O)c2ccccc2-c2ccc([N+](=O)[O-])cc2)cc1. The van der Waals surface area contributed by atoms with Crippen LogP contribution in [0, 0.1) is 20.2 Å². The van der Waals surface area contributed by atoms with Crippen LogP contribution >= 0.6 is 0 Å². The molecule has 0 aromatic heterocycles. The molecule has 0 radical (unpaired) electrons. The van der Waals surface area contributed by atoms with Crippen LogP contribution in [-0.4, -0.2) is 18.3 Å². The van der Waals surface area contributed by atoms with Crippen LogP contribution in [0.25, 0.3) is 22.3 Å². The maximum Gasteiger partial charge on any atom is 0.269 e. The van der Waals surface area contributed by atoms with Crippen molar-refractivity contribution in [1.29, 1.82) is 0 Å². The minimum Gasteiger partial charge on any atom is -0.258 e. The molecule has 0 saturated carbocycles. The summed E-state index contributed by atoms with van der Waals surface area (Å²) in [5, 5.41) is 21.9. The number of nitro groups is 2. The lowest BCUT2D eigenvalue weighted by Gasteiger charge is -2.14. The molecule has 0 saturated heterocycles. The largest absolute Gasteiger partial charge is 0.269 e. The molecular weight excluding hydrogens is 444 g/mol. The summed E-state index contributed by atoms with van der Waals surface area (Å²) in [5.41, 5.74) is 1.67. The average molecular weight is 460 g/mol. The Labute approximate surface area is 189 Å². The summed E-state index contributed by atoms with van der Waals surface area (Å²) in [6.45, 7) is 0. The zero-order chi connectivity index (χ0) is 23.6. The van der Waals surface area contributed by atoms with E-state index in [1.807, 2.05) is 0 Å². The number of nitro benzene ring substituents is 2. The third-order valence-electron chi connectivity index (χ3n) is 5.13. The zero-order valence-electron chi connectivity index (χ0n) is 17.0. The molecule has 4 aromatic rings. The van der Waals surface area contributed by atoms with E-state index >= 15 is 0 Å². The molecule has 164 valence electrons. The summed E-state index contributed by atoms with van der Waals surface area (Å²) in [5.74, 6) is 0. The fourth-order valence-corrected chi connectivity index (χ4v) is 5.23. The van der Waals surface area contributed by atoms with Gasteiger partial charge in [0.05, 0.1) is 19.6 Å². The molecule has 0 aliphatic carbocycles. The molecule has 4 rings (SSSR count). The van der Waals surface area contributed by atoms with Crippen molar-refractivity contribution in [1.82, 2.24) is 0 Å². The number of benzene rings is 4. The minimum absolute atomic E-state index is 0.0493. The van der Waals surface area contributed by atoms with Crippen LogP contribution in [0.1, 0.15) is 0 Å². The van der Waals surface area contributed by atoms with Crippen LogP contribution in [0.4, 0.5) is 11.4 Å². The van der Waals surface area contributed by atoms with Gasteiger partial charge in [0.2, 0.25) is 9.84 Å². The summed E-state index contributed by atoms with van der Waals surface area (Å²) < 4.78 is 27.5. The van der Waals surface area contributed by atoms with Gasteiger partial charge < -0.3 is 0 Å². The Morgan fingerprint density at radius 2 is 0.848 bits per heavy atom. The predicted octanol–water partition coefficient (Wildman–Crippen LogP) is 5.67. The number of non-ortho nitro benzene ring substituents is 2. The molecule has 0 bridgehead atoms. The van der Waals surface area contributed by atoms with Gasteiger partial charge in [0.1, 0.15) is 0 Å². The van der Waals surface area contributed by atoms with Gasteiger partial charge in [-0.25, -0.2) is 8.42 Å². The Kier molecular flexibility index (Phi) is 5.72. The topological polar surface area (TPSA) is 120 Å². The second-order valence-corrected chi connectivity index (χ2v) is 8.99. The molecule has 0 aliphatic rings. The fraction of sp³-hybridized carbons (Fsp3) is 0. The lowest BCUT2D eigenvalue weighted by atomic mass is 10.1. The van der Waals surface area contributed by atoms with Crippen molar-refractivity contribution >= 4 is 21.2 Å². The van der Waals surface area contributed by atoms with Gasteiger partial charge in [-0.15, -0.1) is 0 Å². The van der Waals surface area contributed by atoms with E-state index in [1.165, 1.54) is 60.7 Å². The van der Waals surface area contributed by atoms with Gasteiger partial charge >= 0.3 is 0 Å². The monoisotopic (exact) mass is 460 g/mol. The van der Waals surface area contributed by atoms with Crippen molar-refractivity contribution in [3.8, 4) is 22.3 Å². The molecule has 4 aromatic carbocycles. The second-order valence-electron chi connectivity index (χ2n) is 7.10. The minimum atomic E-state index is -4.02. The average Bonchev–Trinajstić information content (AvgIpc) is 2.84. The van der Waals surface area contributed by atoms with Crippen molar-refractivity contribution in [3.63, 3.8) is 0 Å². The van der Waals surface area contributed by atoms with E-state index in [0.717, 1.165) is 0 Å². The van der Waals surface area contributed by atoms with Crippen LogP contribution in [0.2, 0.25) is 0 Å². The molecule has 0 aliphatic heterocycles. The van der Waals surface area contributed by atoms with Gasteiger partial charge in [0, 0.05) is 35.4 Å². The highest BCUT2D eigenvalue weighted by Gasteiger charge is 2.25. The van der Waals surface area contributed by atoms with E-state index in [4.69, 9.17) is 0 Å². The smallest absolute Gasteiger partial charge is 0.258 e. The van der Waals surface area contributed by atoms with Crippen molar-refractivity contribution < 1.29 is 18.3 Å². The van der Waals surface area contributed by atoms with Crippen molar-refractivity contribution in [2.45, 2.75) is 9.79 Å². The highest BCUT2D eigenvalue weighted by atomic mass is 32.2. The van der Waals surface area contributed by atoms with Crippen molar-refractivity contribution in [2.75, 3.05) is 0 Å². The Bertz CT molecular complexity index is 1360. The standard InChI is InChI=1S/C24H16N2O6S/c27-25(28)19-13-9-17(10-14-19)21-5-1-3-7-23(21)33(31,32)24-8-4-2-6-22(24)18-11-15-20(16-12-18)26(29)30/h1-16H. The van der Waals surface area contributed by atoms with Crippen LogP contribution in [0.3, 0.4) is 0 Å². The first kappa shape index (κ1) is 21.8. The molecule has 0 amide bonds. The van der Waals surface area contributed by atoms with E-state index in [0.29, 0.717) is 22.3 Å². The van der Waals surface area contributed by atoms with Crippen molar-refractivity contribution in [3.05, 3.63) is 117 Å². The molecule has 33 heavy (non-hydrogen) atoms. The van der Waals surface area contributed by atoms with Gasteiger partial charge in [-0.05, 0) is 47.5 Å². The van der Waals surface area contributed by atoms with Gasteiger partial charge in [-0.3, -0.25) is 20.2 Å². The van der Waals surface area contributed by atoms with Gasteiger partial charge in [-0.2, -0.15) is 0 Å². The Balaban J connectivity index is 1.84. The van der Waals surface area contributed by atoms with E-state index in [1.54, 1.807) is 36.4 Å². The van der Waals surface area contributed by atoms with Gasteiger partial charge in [0.15, 0.2) is 0 Å². The lowest BCUT2D eigenvalue weighted by molar-refractivity contribution is -0.385. The fourth-order valence-electron chi connectivity index (χ4n) is 3.52. The summed E-state index contributed by atoms with van der Waals surface area (Å²) in [4.78, 5) is 21.0. The molecule has 0 unspecified atom stereocenters. The number of hydrogen-bond donors (Lipinski definition) is 0. The molecule has 0 N–H and O–H groups in total. The van der Waals surface area contributed by atoms with E-state index in [9.17, 15) is 28.6 Å². The predicted molar refractivity (Wildman–Crippen MR) is 123 cm³/mol. The normalized spacial score (nSPS) is 11.2. The molecule has 0 atom stereocenters. The number of sulfone groups is 1. The molecule has 8 nitrogen and oxygen atoms in total. The van der Waals surface area contributed by atoms with Crippen LogP contribution in [0.15, 0.2) is 107 Å². The number of rotatable bonds is 6. The quantitative estimate of drug-likeness (QED) is 0.270. The molecule has 0 fully saturated rings. The van der Waals surface area contributed by atoms with Gasteiger partial charge in [0.25, 0.3) is 11.4 Å². The van der Waals surface area contributed by atoms with Crippen molar-refractivity contribution in [2.24, 2.45) is 0 Å². The summed E-state index contributed by atoms with van der Waals surface area (Å²) in [6.07, 6.45) is 0. The molecular formula is C24H16N2O6S. The summed E-state index contributed by atoms with van der Waals surface area (Å²) in [6, 6.07) is 24.2. The first-order valence-electron chi connectivity index (χ1n) is 9.72. The number of nitrogens with zero attached hydrogens (tertiary/aromatic N) is 2. The maximum atomic E-state index is 13.8. The van der Waals surface area contributed by atoms with Gasteiger partial charge in [-0.1, -0.05) is 36.4 Å². The third kappa shape index (κ3) is 4.21. The van der Waals surface area contributed by atoms with Crippen LogP contribution in [-0.2, 0) is 9.84 Å². The second kappa shape index (κ2) is 8.64. The molecule has 9 heteroatoms. The Morgan fingerprint density at radius 1 is 0.515 bits per heavy atom. The first-order valence-corrected chi connectivity index (χ1v) is 11.2. The summed E-state index contributed by atoms with van der Waals surface area (Å²) >= 11 is 0. The van der Waals surface area contributed by atoms with Crippen LogP contribution in [0.5, 0.6) is 0 Å². The highest BCUT2D eigenvalue weighted by Crippen LogP contribution is 2.36. The Hall–Kier alpha value is -4.37. The maximum absolute atomic E-state index is 13.8. The molecule has 0 spiro atoms. The molecule has 0 heterocycles. The number of hydrogen-bond acceptors (Lipinski definition) is 6. The van der Waals surface area contributed by atoms with E-state index in [2.05, 4.69) is 0 Å². The highest BCUT2D eigenvalue weighted by molar-refractivity contribution is 7.91. The third-order valence-corrected chi connectivity index (χ3v) is 7.00.